The Balaban J connectivity index is 0.00000264. The van der Waals surface area contributed by atoms with Gasteiger partial charge in [-0.3, -0.25) is 4.99 Å². The number of rotatable bonds is 8. The number of hydrogen-bond donors (Lipinski definition) is 3. The van der Waals surface area contributed by atoms with Crippen LogP contribution in [0.3, 0.4) is 0 Å². The van der Waals surface area contributed by atoms with E-state index in [1.54, 1.807) is 6.26 Å². The minimum absolute atomic E-state index is 0. The predicted molar refractivity (Wildman–Crippen MR) is 101 cm³/mol. The SMILES string of the molecule is CC[C@H](CO)NC(=NCC1CCCO1)NCCc1ccco1.I. The molecule has 1 aromatic heterocycles. The Morgan fingerprint density at radius 1 is 1.52 bits per heavy atom. The van der Waals surface area contributed by atoms with E-state index in [9.17, 15) is 5.11 Å². The maximum Gasteiger partial charge on any atom is 0.191 e. The fraction of sp³-hybridized carbons (Fsp3) is 0.688. The minimum atomic E-state index is 0. The smallest absolute Gasteiger partial charge is 0.191 e. The minimum Gasteiger partial charge on any atom is -0.469 e. The summed E-state index contributed by atoms with van der Waals surface area (Å²) in [5, 5.41) is 15.9. The van der Waals surface area contributed by atoms with Crippen LogP contribution in [0.2, 0.25) is 0 Å². The van der Waals surface area contributed by atoms with Crippen molar-refractivity contribution in [2.24, 2.45) is 4.99 Å². The summed E-state index contributed by atoms with van der Waals surface area (Å²) in [4.78, 5) is 4.59. The molecule has 6 nitrogen and oxygen atoms in total. The summed E-state index contributed by atoms with van der Waals surface area (Å²) < 4.78 is 10.9. The summed E-state index contributed by atoms with van der Waals surface area (Å²) in [6.07, 6.45) is 5.72. The molecule has 0 spiro atoms. The number of guanidine groups is 1. The van der Waals surface area contributed by atoms with Crippen LogP contribution in [0.15, 0.2) is 27.8 Å². The second-order valence-corrected chi connectivity index (χ2v) is 5.51. The highest BCUT2D eigenvalue weighted by Gasteiger charge is 2.15. The molecule has 2 atom stereocenters. The van der Waals surface area contributed by atoms with E-state index >= 15 is 0 Å². The molecule has 7 heteroatoms. The predicted octanol–water partition coefficient (Wildman–Crippen LogP) is 1.93. The largest absolute Gasteiger partial charge is 0.469 e. The summed E-state index contributed by atoms with van der Waals surface area (Å²) in [6.45, 7) is 4.34. The highest BCUT2D eigenvalue weighted by Crippen LogP contribution is 2.11. The third-order valence-corrected chi connectivity index (χ3v) is 3.78. The number of aliphatic hydroxyl groups is 1. The van der Waals surface area contributed by atoms with E-state index < -0.39 is 0 Å². The number of hydrogen-bond acceptors (Lipinski definition) is 4. The first-order valence-corrected chi connectivity index (χ1v) is 8.11. The Bertz CT molecular complexity index is 430. The summed E-state index contributed by atoms with van der Waals surface area (Å²) in [5.41, 5.74) is 0. The Morgan fingerprint density at radius 2 is 2.39 bits per heavy atom. The molecule has 0 amide bonds. The number of nitrogens with zero attached hydrogens (tertiary/aromatic N) is 1. The van der Waals surface area contributed by atoms with Gasteiger partial charge >= 0.3 is 0 Å². The normalized spacial score (nSPS) is 19.2. The zero-order chi connectivity index (χ0) is 15.6. The number of halogens is 1. The van der Waals surface area contributed by atoms with Gasteiger partial charge in [-0.15, -0.1) is 24.0 Å². The third-order valence-electron chi connectivity index (χ3n) is 3.78. The van der Waals surface area contributed by atoms with Crippen molar-refractivity contribution in [3.63, 3.8) is 0 Å². The molecule has 3 N–H and O–H groups in total. The standard InChI is InChI=1S/C16H27N3O3.HI/c1-2-13(12-20)19-16(18-11-15-6-4-10-22-15)17-8-7-14-5-3-9-21-14;/h3,5,9,13,15,20H,2,4,6-8,10-12H2,1H3,(H2,17,18,19);1H/t13-,15?;/m1./s1. The first-order valence-electron chi connectivity index (χ1n) is 8.11. The Morgan fingerprint density at radius 3 is 3.00 bits per heavy atom. The van der Waals surface area contributed by atoms with E-state index in [4.69, 9.17) is 9.15 Å². The number of aliphatic imine (C=N–C) groups is 1. The van der Waals surface area contributed by atoms with E-state index in [1.807, 2.05) is 19.1 Å². The molecule has 0 radical (unpaired) electrons. The van der Waals surface area contributed by atoms with Crippen LogP contribution in [0.5, 0.6) is 0 Å². The molecule has 0 saturated carbocycles. The summed E-state index contributed by atoms with van der Waals surface area (Å²) in [6, 6.07) is 3.86. The highest BCUT2D eigenvalue weighted by molar-refractivity contribution is 14.0. The quantitative estimate of drug-likeness (QED) is 0.329. The topological polar surface area (TPSA) is 79.0 Å². The highest BCUT2D eigenvalue weighted by atomic mass is 127. The molecule has 0 aliphatic carbocycles. The molecule has 0 aromatic carbocycles. The van der Waals surface area contributed by atoms with Crippen molar-refractivity contribution in [1.29, 1.82) is 0 Å². The van der Waals surface area contributed by atoms with Crippen LogP contribution in [-0.4, -0.2) is 49.5 Å². The second kappa shape index (κ2) is 11.7. The van der Waals surface area contributed by atoms with Gasteiger partial charge in [-0.1, -0.05) is 6.92 Å². The lowest BCUT2D eigenvalue weighted by Crippen LogP contribution is -2.45. The monoisotopic (exact) mass is 437 g/mol. The first-order chi connectivity index (χ1) is 10.8. The molecular weight excluding hydrogens is 409 g/mol. The van der Waals surface area contributed by atoms with Crippen molar-refractivity contribution in [1.82, 2.24) is 10.6 Å². The van der Waals surface area contributed by atoms with Gasteiger partial charge in [0.2, 0.25) is 0 Å². The zero-order valence-electron chi connectivity index (χ0n) is 13.7. The maximum absolute atomic E-state index is 9.35. The third kappa shape index (κ3) is 7.54. The van der Waals surface area contributed by atoms with Gasteiger partial charge < -0.3 is 24.9 Å². The van der Waals surface area contributed by atoms with E-state index in [0.29, 0.717) is 6.54 Å². The van der Waals surface area contributed by atoms with E-state index in [1.165, 1.54) is 0 Å². The van der Waals surface area contributed by atoms with Crippen LogP contribution in [0.4, 0.5) is 0 Å². The summed E-state index contributed by atoms with van der Waals surface area (Å²) in [7, 11) is 0. The molecule has 2 heterocycles. The van der Waals surface area contributed by atoms with Crippen LogP contribution in [0.25, 0.3) is 0 Å². The molecule has 1 aliphatic heterocycles. The van der Waals surface area contributed by atoms with E-state index in [-0.39, 0.29) is 42.7 Å². The van der Waals surface area contributed by atoms with Gasteiger partial charge in [0.1, 0.15) is 5.76 Å². The van der Waals surface area contributed by atoms with E-state index in [2.05, 4.69) is 15.6 Å². The fourth-order valence-corrected chi connectivity index (χ4v) is 2.36. The van der Waals surface area contributed by atoms with Gasteiger partial charge in [0.15, 0.2) is 5.96 Å². The lowest BCUT2D eigenvalue weighted by atomic mass is 10.2. The van der Waals surface area contributed by atoms with Crippen molar-refractivity contribution in [3.8, 4) is 0 Å². The molecular formula is C16H28IN3O3. The van der Waals surface area contributed by atoms with Gasteiger partial charge in [0.25, 0.3) is 0 Å². The average molecular weight is 437 g/mol. The second-order valence-electron chi connectivity index (χ2n) is 5.51. The Hall–Kier alpha value is -0.800. The summed E-state index contributed by atoms with van der Waals surface area (Å²) >= 11 is 0. The van der Waals surface area contributed by atoms with Gasteiger partial charge in [-0.2, -0.15) is 0 Å². The van der Waals surface area contributed by atoms with E-state index in [0.717, 1.165) is 50.6 Å². The number of furan rings is 1. The molecule has 1 aromatic rings. The van der Waals surface area contributed by atoms with Crippen LogP contribution >= 0.6 is 24.0 Å². The first kappa shape index (κ1) is 20.2. The molecule has 1 saturated heterocycles. The van der Waals surface area contributed by atoms with Crippen molar-refractivity contribution < 1.29 is 14.3 Å². The van der Waals surface area contributed by atoms with Crippen LogP contribution < -0.4 is 10.6 Å². The van der Waals surface area contributed by atoms with Gasteiger partial charge in [-0.25, -0.2) is 0 Å². The van der Waals surface area contributed by atoms with Crippen molar-refractivity contribution in [2.75, 3.05) is 26.3 Å². The molecule has 0 bridgehead atoms. The molecule has 1 unspecified atom stereocenters. The van der Waals surface area contributed by atoms with Gasteiger partial charge in [0.05, 0.1) is 31.6 Å². The Labute approximate surface area is 155 Å². The molecule has 1 aliphatic rings. The molecule has 132 valence electrons. The number of nitrogens with one attached hydrogen (secondary N) is 2. The van der Waals surface area contributed by atoms with Crippen molar-refractivity contribution in [2.45, 2.75) is 44.8 Å². The lowest BCUT2D eigenvalue weighted by Gasteiger charge is -2.19. The molecule has 1 fully saturated rings. The van der Waals surface area contributed by atoms with Crippen LogP contribution in [0.1, 0.15) is 31.9 Å². The maximum atomic E-state index is 9.35. The lowest BCUT2D eigenvalue weighted by molar-refractivity contribution is 0.117. The summed E-state index contributed by atoms with van der Waals surface area (Å²) in [5.74, 6) is 1.67. The van der Waals surface area contributed by atoms with Gasteiger partial charge in [-0.05, 0) is 31.4 Å². The fourth-order valence-electron chi connectivity index (χ4n) is 2.36. The Kier molecular flexibility index (Phi) is 10.3. The molecule has 2 rings (SSSR count). The van der Waals surface area contributed by atoms with Crippen molar-refractivity contribution in [3.05, 3.63) is 24.2 Å². The van der Waals surface area contributed by atoms with Crippen LogP contribution in [0, 0.1) is 0 Å². The van der Waals surface area contributed by atoms with Gasteiger partial charge in [0, 0.05) is 19.6 Å². The van der Waals surface area contributed by atoms with Crippen molar-refractivity contribution >= 4 is 29.9 Å². The molecule has 23 heavy (non-hydrogen) atoms. The average Bonchev–Trinajstić information content (AvgIpc) is 3.22. The van der Waals surface area contributed by atoms with Crippen LogP contribution in [-0.2, 0) is 11.2 Å². The number of ether oxygens (including phenoxy) is 1. The zero-order valence-corrected chi connectivity index (χ0v) is 16.0. The number of aliphatic hydroxyl groups excluding tert-OH is 1.